The molecule has 1 heterocycles. The van der Waals surface area contributed by atoms with E-state index in [1.807, 2.05) is 31.2 Å². The molecule has 1 saturated carbocycles. The van der Waals surface area contributed by atoms with E-state index >= 15 is 0 Å². The van der Waals surface area contributed by atoms with Crippen LogP contribution in [0.4, 0.5) is 5.13 Å². The van der Waals surface area contributed by atoms with Gasteiger partial charge in [0.15, 0.2) is 5.13 Å². The lowest BCUT2D eigenvalue weighted by molar-refractivity contribution is -0.121. The van der Waals surface area contributed by atoms with Gasteiger partial charge in [-0.25, -0.2) is 10.4 Å². The first-order chi connectivity index (χ1) is 11.2. The predicted octanol–water partition coefficient (Wildman–Crippen LogP) is 3.92. The van der Waals surface area contributed by atoms with Crippen molar-refractivity contribution in [3.05, 3.63) is 24.3 Å². The van der Waals surface area contributed by atoms with Crippen LogP contribution in [-0.4, -0.2) is 22.6 Å². The lowest BCUT2D eigenvalue weighted by Gasteiger charge is -2.11. The fourth-order valence-corrected chi connectivity index (χ4v) is 3.62. The highest BCUT2D eigenvalue weighted by atomic mass is 32.1. The number of anilines is 1. The molecule has 0 spiro atoms. The molecule has 0 saturated heterocycles. The molecule has 23 heavy (non-hydrogen) atoms. The van der Waals surface area contributed by atoms with Crippen LogP contribution in [0, 0.1) is 0 Å². The van der Waals surface area contributed by atoms with E-state index in [2.05, 4.69) is 20.8 Å². The summed E-state index contributed by atoms with van der Waals surface area (Å²) in [7, 11) is 0. The van der Waals surface area contributed by atoms with E-state index in [0.717, 1.165) is 33.9 Å². The van der Waals surface area contributed by atoms with E-state index in [4.69, 9.17) is 0 Å². The summed E-state index contributed by atoms with van der Waals surface area (Å²) in [6.45, 7) is 1.83. The van der Waals surface area contributed by atoms with Gasteiger partial charge < -0.3 is 5.32 Å². The van der Waals surface area contributed by atoms with Gasteiger partial charge in [0.2, 0.25) is 0 Å². The predicted molar refractivity (Wildman–Crippen MR) is 96.0 cm³/mol. The molecule has 122 valence electrons. The molecule has 1 aliphatic rings. The molecule has 2 N–H and O–H groups in total. The molecule has 1 fully saturated rings. The quantitative estimate of drug-likeness (QED) is 0.659. The van der Waals surface area contributed by atoms with Crippen molar-refractivity contribution in [2.24, 2.45) is 5.10 Å². The van der Waals surface area contributed by atoms with Gasteiger partial charge in [-0.3, -0.25) is 4.79 Å². The van der Waals surface area contributed by atoms with Gasteiger partial charge in [-0.2, -0.15) is 5.10 Å². The number of aromatic nitrogens is 1. The Kier molecular flexibility index (Phi) is 5.23. The van der Waals surface area contributed by atoms with Crippen LogP contribution in [0.2, 0.25) is 0 Å². The molecule has 0 radical (unpaired) electrons. The molecule has 1 aromatic heterocycles. The first-order valence-electron chi connectivity index (χ1n) is 8.20. The number of amides is 1. The van der Waals surface area contributed by atoms with Gasteiger partial charge in [0, 0.05) is 5.71 Å². The van der Waals surface area contributed by atoms with Crippen molar-refractivity contribution in [1.29, 1.82) is 0 Å². The molecule has 3 rings (SSSR count). The number of benzene rings is 1. The number of carbonyl (C=O) groups is 1. The smallest absolute Gasteiger partial charge is 0.262 e. The van der Waals surface area contributed by atoms with Crippen LogP contribution >= 0.6 is 11.3 Å². The van der Waals surface area contributed by atoms with Crippen LogP contribution in [0.5, 0.6) is 0 Å². The number of fused-ring (bicyclic) bond motifs is 1. The molecular formula is C17H22N4OS. The highest BCUT2D eigenvalue weighted by Gasteiger charge is 2.15. The Morgan fingerprint density at radius 1 is 1.22 bits per heavy atom. The zero-order valence-corrected chi connectivity index (χ0v) is 14.2. The molecule has 1 atom stereocenters. The van der Waals surface area contributed by atoms with E-state index in [0.29, 0.717) is 0 Å². The van der Waals surface area contributed by atoms with Gasteiger partial charge in [-0.05, 0) is 44.7 Å². The van der Waals surface area contributed by atoms with Crippen molar-refractivity contribution in [2.75, 3.05) is 5.32 Å². The minimum atomic E-state index is -0.370. The Labute approximate surface area is 140 Å². The molecule has 5 nitrogen and oxygen atoms in total. The Bertz CT molecular complexity index is 666. The molecule has 6 heteroatoms. The molecule has 1 aliphatic carbocycles. The summed E-state index contributed by atoms with van der Waals surface area (Å²) in [6, 6.07) is 7.58. The maximum absolute atomic E-state index is 12.2. The summed E-state index contributed by atoms with van der Waals surface area (Å²) in [6.07, 6.45) is 6.88. The zero-order chi connectivity index (χ0) is 16.1. The van der Waals surface area contributed by atoms with Crippen molar-refractivity contribution in [3.8, 4) is 0 Å². The van der Waals surface area contributed by atoms with Crippen LogP contribution in [0.15, 0.2) is 29.4 Å². The van der Waals surface area contributed by atoms with E-state index in [9.17, 15) is 4.79 Å². The van der Waals surface area contributed by atoms with Crippen LogP contribution in [0.1, 0.15) is 45.4 Å². The Morgan fingerprint density at radius 3 is 2.70 bits per heavy atom. The molecule has 1 amide bonds. The monoisotopic (exact) mass is 330 g/mol. The first kappa shape index (κ1) is 15.9. The minimum Gasteiger partial charge on any atom is -0.350 e. The van der Waals surface area contributed by atoms with Gasteiger partial charge in [0.25, 0.3) is 5.91 Å². The third-order valence-electron chi connectivity index (χ3n) is 4.03. The third kappa shape index (κ3) is 4.28. The van der Waals surface area contributed by atoms with Crippen molar-refractivity contribution in [1.82, 2.24) is 10.4 Å². The van der Waals surface area contributed by atoms with Crippen molar-refractivity contribution >= 4 is 38.3 Å². The number of hydrogen-bond acceptors (Lipinski definition) is 5. The number of rotatable bonds is 4. The lowest BCUT2D eigenvalue weighted by atomic mass is 10.2. The molecule has 1 aromatic carbocycles. The highest BCUT2D eigenvalue weighted by Crippen LogP contribution is 2.25. The van der Waals surface area contributed by atoms with Crippen LogP contribution in [-0.2, 0) is 4.79 Å². The standard InChI is InChI=1S/C17H22N4OS/c1-12(16(22)21-20-13-8-4-2-3-5-9-13)18-17-19-14-10-6-7-11-15(14)23-17/h6-7,10-12H,2-5,8-9H2,1H3,(H,18,19)(H,21,22)/t12-/m1/s1. The molecular weight excluding hydrogens is 308 g/mol. The molecule has 0 aliphatic heterocycles. The highest BCUT2D eigenvalue weighted by molar-refractivity contribution is 7.22. The van der Waals surface area contributed by atoms with Crippen molar-refractivity contribution in [3.63, 3.8) is 0 Å². The summed E-state index contributed by atoms with van der Waals surface area (Å²) in [5.74, 6) is -0.124. The van der Waals surface area contributed by atoms with Gasteiger partial charge in [0.1, 0.15) is 6.04 Å². The van der Waals surface area contributed by atoms with Crippen LogP contribution < -0.4 is 10.7 Å². The Balaban J connectivity index is 1.57. The maximum atomic E-state index is 12.2. The number of hydrazone groups is 1. The van der Waals surface area contributed by atoms with E-state index in [-0.39, 0.29) is 11.9 Å². The zero-order valence-electron chi connectivity index (χ0n) is 13.3. The van der Waals surface area contributed by atoms with Gasteiger partial charge in [-0.15, -0.1) is 0 Å². The van der Waals surface area contributed by atoms with Crippen LogP contribution in [0.3, 0.4) is 0 Å². The normalized spacial score (nSPS) is 16.7. The molecule has 0 bridgehead atoms. The fraction of sp³-hybridized carbons (Fsp3) is 0.471. The summed E-state index contributed by atoms with van der Waals surface area (Å²) in [5.41, 5.74) is 4.76. The third-order valence-corrected chi connectivity index (χ3v) is 5.00. The summed E-state index contributed by atoms with van der Waals surface area (Å²) in [5, 5.41) is 8.23. The summed E-state index contributed by atoms with van der Waals surface area (Å²) >= 11 is 1.55. The number of nitrogens with one attached hydrogen (secondary N) is 2. The van der Waals surface area contributed by atoms with Crippen molar-refractivity contribution in [2.45, 2.75) is 51.5 Å². The largest absolute Gasteiger partial charge is 0.350 e. The molecule has 0 unspecified atom stereocenters. The summed E-state index contributed by atoms with van der Waals surface area (Å²) in [4.78, 5) is 16.7. The minimum absolute atomic E-state index is 0.124. The number of hydrogen-bond donors (Lipinski definition) is 2. The number of para-hydroxylation sites is 1. The lowest BCUT2D eigenvalue weighted by Crippen LogP contribution is -2.35. The second-order valence-corrected chi connectivity index (χ2v) is 6.95. The average Bonchev–Trinajstić information content (AvgIpc) is 2.78. The van der Waals surface area contributed by atoms with E-state index < -0.39 is 0 Å². The Hall–Kier alpha value is -1.95. The second kappa shape index (κ2) is 7.55. The van der Waals surface area contributed by atoms with E-state index in [1.54, 1.807) is 11.3 Å². The number of carbonyl (C=O) groups excluding carboxylic acids is 1. The van der Waals surface area contributed by atoms with E-state index in [1.165, 1.54) is 25.7 Å². The summed E-state index contributed by atoms with van der Waals surface area (Å²) < 4.78 is 1.11. The number of nitrogens with zero attached hydrogens (tertiary/aromatic N) is 2. The fourth-order valence-electron chi connectivity index (χ4n) is 2.66. The van der Waals surface area contributed by atoms with Gasteiger partial charge >= 0.3 is 0 Å². The maximum Gasteiger partial charge on any atom is 0.262 e. The van der Waals surface area contributed by atoms with Gasteiger partial charge in [-0.1, -0.05) is 36.3 Å². The second-order valence-electron chi connectivity index (χ2n) is 5.92. The molecule has 2 aromatic rings. The average molecular weight is 330 g/mol. The SMILES string of the molecule is C[C@@H](Nc1nc2ccccc2s1)C(=O)NN=C1CCCCCC1. The van der Waals surface area contributed by atoms with Crippen LogP contribution in [0.25, 0.3) is 10.2 Å². The topological polar surface area (TPSA) is 66.4 Å². The first-order valence-corrected chi connectivity index (χ1v) is 9.01. The van der Waals surface area contributed by atoms with Crippen molar-refractivity contribution < 1.29 is 4.79 Å². The Morgan fingerprint density at radius 2 is 1.96 bits per heavy atom. The number of thiazole rings is 1. The van der Waals surface area contributed by atoms with Gasteiger partial charge in [0.05, 0.1) is 10.2 Å².